The van der Waals surface area contributed by atoms with E-state index in [1.54, 1.807) is 0 Å². The maximum Gasteiger partial charge on any atom is 0.104 e. The van der Waals surface area contributed by atoms with Crippen molar-refractivity contribution < 1.29 is 0 Å². The molecule has 0 amide bonds. The number of benzene rings is 1. The number of rotatable bonds is 4. The van der Waals surface area contributed by atoms with Gasteiger partial charge in [-0.3, -0.25) is 4.68 Å². The number of hydrogen-bond acceptors (Lipinski definition) is 4. The summed E-state index contributed by atoms with van der Waals surface area (Å²) in [6.07, 6.45) is 4.39. The second kappa shape index (κ2) is 6.03. The van der Waals surface area contributed by atoms with Gasteiger partial charge in [0.15, 0.2) is 0 Å². The van der Waals surface area contributed by atoms with Gasteiger partial charge in [0.2, 0.25) is 0 Å². The zero-order chi connectivity index (χ0) is 13.9. The van der Waals surface area contributed by atoms with Crippen LogP contribution in [-0.2, 0) is 6.54 Å². The highest BCUT2D eigenvalue weighted by molar-refractivity contribution is 9.10. The molecule has 0 aliphatic carbocycles. The topological polar surface area (TPSA) is 68.8 Å². The Labute approximate surface area is 126 Å². The van der Waals surface area contributed by atoms with Crippen LogP contribution in [0.25, 0.3) is 0 Å². The molecule has 1 aromatic carbocycles. The number of halogens is 1. The highest BCUT2D eigenvalue weighted by Gasteiger charge is 2.17. The molecule has 1 fully saturated rings. The van der Waals surface area contributed by atoms with Crippen molar-refractivity contribution in [2.45, 2.75) is 31.5 Å². The maximum absolute atomic E-state index is 6.25. The van der Waals surface area contributed by atoms with Crippen LogP contribution in [0.1, 0.15) is 30.1 Å². The van der Waals surface area contributed by atoms with E-state index in [1.807, 2.05) is 35.1 Å². The zero-order valence-corrected chi connectivity index (χ0v) is 12.8. The molecule has 2 heterocycles. The largest absolute Gasteiger partial charge is 0.319 e. The van der Waals surface area contributed by atoms with Crippen LogP contribution in [0.2, 0.25) is 0 Å². The van der Waals surface area contributed by atoms with E-state index >= 15 is 0 Å². The van der Waals surface area contributed by atoms with Gasteiger partial charge in [0.25, 0.3) is 0 Å². The lowest BCUT2D eigenvalue weighted by molar-refractivity contribution is 0.466. The molecule has 2 aromatic rings. The molecule has 20 heavy (non-hydrogen) atoms. The first-order chi connectivity index (χ1) is 9.72. The van der Waals surface area contributed by atoms with Crippen LogP contribution in [0.15, 0.2) is 34.9 Å². The Morgan fingerprint density at radius 2 is 2.40 bits per heavy atom. The van der Waals surface area contributed by atoms with Crippen molar-refractivity contribution in [1.82, 2.24) is 20.3 Å². The summed E-state index contributed by atoms with van der Waals surface area (Å²) in [4.78, 5) is 0. The van der Waals surface area contributed by atoms with E-state index in [1.165, 1.54) is 12.8 Å². The molecule has 1 saturated heterocycles. The summed E-state index contributed by atoms with van der Waals surface area (Å²) in [6.45, 7) is 1.96. The Hall–Kier alpha value is -1.24. The molecule has 0 saturated carbocycles. The Kier molecular flexibility index (Phi) is 4.14. The first-order valence-electron chi connectivity index (χ1n) is 6.87. The second-order valence-electron chi connectivity index (χ2n) is 5.19. The van der Waals surface area contributed by atoms with E-state index in [-0.39, 0.29) is 6.04 Å². The van der Waals surface area contributed by atoms with Gasteiger partial charge in [-0.1, -0.05) is 33.3 Å². The highest BCUT2D eigenvalue weighted by atomic mass is 79.9. The fourth-order valence-electron chi connectivity index (χ4n) is 2.55. The Balaban J connectivity index is 1.72. The van der Waals surface area contributed by atoms with Crippen LogP contribution in [0.4, 0.5) is 0 Å². The van der Waals surface area contributed by atoms with Gasteiger partial charge in [-0.25, -0.2) is 0 Å². The lowest BCUT2D eigenvalue weighted by atomic mass is 10.1. The average Bonchev–Trinajstić information content (AvgIpc) is 3.10. The first-order valence-corrected chi connectivity index (χ1v) is 7.66. The molecule has 1 aliphatic rings. The molecule has 1 unspecified atom stereocenters. The van der Waals surface area contributed by atoms with Gasteiger partial charge in [-0.15, -0.1) is 5.10 Å². The van der Waals surface area contributed by atoms with Crippen molar-refractivity contribution in [3.8, 4) is 0 Å². The molecule has 1 aliphatic heterocycles. The minimum absolute atomic E-state index is 0.238. The zero-order valence-electron chi connectivity index (χ0n) is 11.2. The third-order valence-electron chi connectivity index (χ3n) is 3.65. The van der Waals surface area contributed by atoms with E-state index in [0.717, 1.165) is 28.8 Å². The lowest BCUT2D eigenvalue weighted by Crippen LogP contribution is -2.26. The van der Waals surface area contributed by atoms with Gasteiger partial charge in [0.1, 0.15) is 5.69 Å². The van der Waals surface area contributed by atoms with E-state index in [2.05, 4.69) is 31.6 Å². The summed E-state index contributed by atoms with van der Waals surface area (Å²) >= 11 is 3.46. The number of nitrogens with two attached hydrogens (primary N) is 1. The Bertz CT molecular complexity index is 576. The van der Waals surface area contributed by atoms with Crippen LogP contribution in [-0.4, -0.2) is 27.6 Å². The molecule has 1 aromatic heterocycles. The van der Waals surface area contributed by atoms with Gasteiger partial charge in [0, 0.05) is 10.5 Å². The molecule has 0 spiro atoms. The highest BCUT2D eigenvalue weighted by Crippen LogP contribution is 2.21. The molecule has 6 heteroatoms. The first kappa shape index (κ1) is 13.7. The number of nitrogens with zero attached hydrogens (tertiary/aromatic N) is 3. The average molecular weight is 336 g/mol. The monoisotopic (exact) mass is 335 g/mol. The van der Waals surface area contributed by atoms with E-state index in [9.17, 15) is 0 Å². The van der Waals surface area contributed by atoms with E-state index in [4.69, 9.17) is 5.73 Å². The molecular weight excluding hydrogens is 318 g/mol. The minimum atomic E-state index is -0.238. The minimum Gasteiger partial charge on any atom is -0.319 e. The summed E-state index contributed by atoms with van der Waals surface area (Å²) in [5.74, 6) is 0. The van der Waals surface area contributed by atoms with E-state index < -0.39 is 0 Å². The maximum atomic E-state index is 6.25. The number of hydrogen-bond donors (Lipinski definition) is 2. The van der Waals surface area contributed by atoms with Crippen LogP contribution >= 0.6 is 15.9 Å². The molecule has 5 nitrogen and oxygen atoms in total. The molecule has 3 rings (SSSR count). The second-order valence-corrected chi connectivity index (χ2v) is 6.11. The predicted octanol–water partition coefficient (Wildman–Crippen LogP) is 1.84. The summed E-state index contributed by atoms with van der Waals surface area (Å²) in [5, 5.41) is 11.8. The van der Waals surface area contributed by atoms with Gasteiger partial charge in [0.05, 0.1) is 18.8 Å². The fraction of sp³-hybridized carbons (Fsp3) is 0.429. The van der Waals surface area contributed by atoms with Crippen molar-refractivity contribution in [3.05, 3.63) is 46.2 Å². The van der Waals surface area contributed by atoms with Gasteiger partial charge >= 0.3 is 0 Å². The smallest absolute Gasteiger partial charge is 0.104 e. The summed E-state index contributed by atoms with van der Waals surface area (Å²) in [7, 11) is 0. The lowest BCUT2D eigenvalue weighted by Gasteiger charge is -2.10. The SMILES string of the molecule is NC(c1cccc(Br)c1)c1cn(C[C@H]2CCCN2)nn1. The van der Waals surface area contributed by atoms with Crippen LogP contribution < -0.4 is 11.1 Å². The predicted molar refractivity (Wildman–Crippen MR) is 81.2 cm³/mol. The third kappa shape index (κ3) is 3.08. The number of aromatic nitrogens is 3. The normalized spacial score (nSPS) is 20.2. The summed E-state index contributed by atoms with van der Waals surface area (Å²) in [6, 6.07) is 8.25. The molecule has 3 N–H and O–H groups in total. The van der Waals surface area contributed by atoms with Crippen molar-refractivity contribution in [1.29, 1.82) is 0 Å². The Morgan fingerprint density at radius 1 is 1.50 bits per heavy atom. The standard InChI is InChI=1S/C14H18BrN5/c15-11-4-1-3-10(7-11)14(16)13-9-20(19-18-13)8-12-5-2-6-17-12/h1,3-4,7,9,12,14,17H,2,5-6,8,16H2/t12-,14?/m1/s1. The van der Waals surface area contributed by atoms with Crippen molar-refractivity contribution >= 4 is 15.9 Å². The quantitative estimate of drug-likeness (QED) is 0.894. The summed E-state index contributed by atoms with van der Waals surface area (Å²) in [5.41, 5.74) is 8.09. The summed E-state index contributed by atoms with van der Waals surface area (Å²) < 4.78 is 2.91. The van der Waals surface area contributed by atoms with Gasteiger partial charge in [-0.05, 0) is 37.1 Å². The molecule has 106 valence electrons. The van der Waals surface area contributed by atoms with Crippen molar-refractivity contribution in [2.24, 2.45) is 5.73 Å². The number of nitrogens with one attached hydrogen (secondary N) is 1. The van der Waals surface area contributed by atoms with Crippen molar-refractivity contribution in [3.63, 3.8) is 0 Å². The fourth-order valence-corrected chi connectivity index (χ4v) is 2.97. The molecule has 2 atom stereocenters. The van der Waals surface area contributed by atoms with Crippen LogP contribution in [0, 0.1) is 0 Å². The van der Waals surface area contributed by atoms with Gasteiger partial charge in [-0.2, -0.15) is 0 Å². The molecular formula is C14H18BrN5. The van der Waals surface area contributed by atoms with Gasteiger partial charge < -0.3 is 11.1 Å². The third-order valence-corrected chi connectivity index (χ3v) is 4.15. The van der Waals surface area contributed by atoms with Crippen LogP contribution in [0.5, 0.6) is 0 Å². The van der Waals surface area contributed by atoms with E-state index in [0.29, 0.717) is 6.04 Å². The van der Waals surface area contributed by atoms with Crippen LogP contribution in [0.3, 0.4) is 0 Å². The molecule has 0 bridgehead atoms. The van der Waals surface area contributed by atoms with Crippen molar-refractivity contribution in [2.75, 3.05) is 6.54 Å². The molecule has 0 radical (unpaired) electrons. The Morgan fingerprint density at radius 3 is 3.15 bits per heavy atom.